The van der Waals surface area contributed by atoms with Gasteiger partial charge in [-0.2, -0.15) is 0 Å². The summed E-state index contributed by atoms with van der Waals surface area (Å²) in [7, 11) is 0. The molecule has 1 fully saturated rings. The number of piperazine rings is 1. The zero-order valence-electron chi connectivity index (χ0n) is 8.66. The Morgan fingerprint density at radius 2 is 1.93 bits per heavy atom. The van der Waals surface area contributed by atoms with Crippen LogP contribution in [-0.4, -0.2) is 25.2 Å². The third kappa shape index (κ3) is 2.56. The Kier molecular flexibility index (Phi) is 3.17. The summed E-state index contributed by atoms with van der Waals surface area (Å²) in [6, 6.07) is 11.9. The van der Waals surface area contributed by atoms with E-state index in [-0.39, 0.29) is 0 Å². The first kappa shape index (κ1) is 9.69. The number of rotatable bonds is 2. The van der Waals surface area contributed by atoms with Crippen LogP contribution in [0.3, 0.4) is 0 Å². The van der Waals surface area contributed by atoms with E-state index in [4.69, 9.17) is 0 Å². The molecule has 1 aliphatic heterocycles. The molecule has 0 saturated carbocycles. The van der Waals surface area contributed by atoms with Crippen molar-refractivity contribution in [2.45, 2.75) is 25.4 Å². The van der Waals surface area contributed by atoms with Gasteiger partial charge in [0.2, 0.25) is 0 Å². The number of hydrogen-bond acceptors (Lipinski definition) is 2. The molecule has 0 amide bonds. The van der Waals surface area contributed by atoms with Crippen molar-refractivity contribution in [3.8, 4) is 0 Å². The second-order valence-corrected chi connectivity index (χ2v) is 4.10. The molecule has 2 N–H and O–H groups in total. The second kappa shape index (κ2) is 4.58. The van der Waals surface area contributed by atoms with Crippen molar-refractivity contribution in [2.75, 3.05) is 13.1 Å². The Bertz CT molecular complexity index is 263. The van der Waals surface area contributed by atoms with Crippen molar-refractivity contribution < 1.29 is 0 Å². The molecule has 0 aromatic heterocycles. The quantitative estimate of drug-likeness (QED) is 0.731. The Morgan fingerprint density at radius 1 is 1.14 bits per heavy atom. The standard InChI is InChI=1S/C12H18N2/c1-10-8-14-12(9-13-10)7-11-5-3-2-4-6-11/h2-6,10,12-14H,7-9H2,1H3. The Hall–Kier alpha value is -0.860. The molecule has 1 heterocycles. The SMILES string of the molecule is CC1CNC(Cc2ccccc2)CN1. The van der Waals surface area contributed by atoms with Crippen LogP contribution in [0.2, 0.25) is 0 Å². The molecular formula is C12H18N2. The minimum absolute atomic E-state index is 0.591. The lowest BCUT2D eigenvalue weighted by Crippen LogP contribution is -2.53. The zero-order valence-corrected chi connectivity index (χ0v) is 8.66. The van der Waals surface area contributed by atoms with Crippen LogP contribution in [0.15, 0.2) is 30.3 Å². The van der Waals surface area contributed by atoms with E-state index >= 15 is 0 Å². The fourth-order valence-corrected chi connectivity index (χ4v) is 1.87. The Morgan fingerprint density at radius 3 is 2.57 bits per heavy atom. The van der Waals surface area contributed by atoms with Gasteiger partial charge in [-0.05, 0) is 18.9 Å². The zero-order chi connectivity index (χ0) is 9.80. The fraction of sp³-hybridized carbons (Fsp3) is 0.500. The molecule has 2 atom stereocenters. The maximum atomic E-state index is 3.55. The van der Waals surface area contributed by atoms with E-state index in [0.717, 1.165) is 19.5 Å². The molecule has 1 aliphatic rings. The van der Waals surface area contributed by atoms with Gasteiger partial charge in [-0.15, -0.1) is 0 Å². The van der Waals surface area contributed by atoms with Crippen molar-refractivity contribution in [2.24, 2.45) is 0 Å². The van der Waals surface area contributed by atoms with E-state index in [9.17, 15) is 0 Å². The van der Waals surface area contributed by atoms with E-state index in [1.807, 2.05) is 0 Å². The van der Waals surface area contributed by atoms with E-state index in [0.29, 0.717) is 12.1 Å². The summed E-state index contributed by atoms with van der Waals surface area (Å²) in [6.07, 6.45) is 1.13. The molecule has 1 saturated heterocycles. The Balaban J connectivity index is 1.87. The lowest BCUT2D eigenvalue weighted by Gasteiger charge is -2.29. The van der Waals surface area contributed by atoms with Crippen molar-refractivity contribution in [1.82, 2.24) is 10.6 Å². The van der Waals surface area contributed by atoms with Crippen LogP contribution in [0.4, 0.5) is 0 Å². The number of benzene rings is 1. The highest BCUT2D eigenvalue weighted by atomic mass is 15.1. The summed E-state index contributed by atoms with van der Waals surface area (Å²) in [4.78, 5) is 0. The van der Waals surface area contributed by atoms with Crippen molar-refractivity contribution in [3.63, 3.8) is 0 Å². The molecule has 1 aromatic rings. The van der Waals surface area contributed by atoms with Crippen LogP contribution in [0.5, 0.6) is 0 Å². The first-order valence-electron chi connectivity index (χ1n) is 5.35. The normalized spacial score (nSPS) is 27.5. The van der Waals surface area contributed by atoms with Crippen LogP contribution in [0, 0.1) is 0 Å². The molecule has 14 heavy (non-hydrogen) atoms. The largest absolute Gasteiger partial charge is 0.311 e. The summed E-state index contributed by atoms with van der Waals surface area (Å²) in [6.45, 7) is 4.37. The van der Waals surface area contributed by atoms with Gasteiger partial charge in [-0.1, -0.05) is 30.3 Å². The molecule has 2 unspecified atom stereocenters. The lowest BCUT2D eigenvalue weighted by atomic mass is 10.0. The van der Waals surface area contributed by atoms with Gasteiger partial charge in [0, 0.05) is 25.2 Å². The monoisotopic (exact) mass is 190 g/mol. The van der Waals surface area contributed by atoms with Gasteiger partial charge in [0.25, 0.3) is 0 Å². The van der Waals surface area contributed by atoms with Gasteiger partial charge < -0.3 is 10.6 Å². The van der Waals surface area contributed by atoms with Crippen LogP contribution in [0.1, 0.15) is 12.5 Å². The highest BCUT2D eigenvalue weighted by molar-refractivity contribution is 5.16. The third-order valence-electron chi connectivity index (χ3n) is 2.75. The van der Waals surface area contributed by atoms with Crippen LogP contribution in [-0.2, 0) is 6.42 Å². The minimum Gasteiger partial charge on any atom is -0.311 e. The smallest absolute Gasteiger partial charge is 0.0233 e. The average Bonchev–Trinajstić information content (AvgIpc) is 2.23. The number of hydrogen-bond donors (Lipinski definition) is 2. The van der Waals surface area contributed by atoms with Gasteiger partial charge in [0.15, 0.2) is 0 Å². The Labute approximate surface area is 85.7 Å². The maximum Gasteiger partial charge on any atom is 0.0233 e. The summed E-state index contributed by atoms with van der Waals surface area (Å²) in [5, 5.41) is 7.04. The molecule has 0 aliphatic carbocycles. The van der Waals surface area contributed by atoms with Crippen LogP contribution < -0.4 is 10.6 Å². The van der Waals surface area contributed by atoms with E-state index in [2.05, 4.69) is 47.9 Å². The first-order chi connectivity index (χ1) is 6.84. The molecule has 76 valence electrons. The predicted molar refractivity (Wildman–Crippen MR) is 59.4 cm³/mol. The average molecular weight is 190 g/mol. The highest BCUT2D eigenvalue weighted by Crippen LogP contribution is 2.04. The van der Waals surface area contributed by atoms with Crippen molar-refractivity contribution in [3.05, 3.63) is 35.9 Å². The van der Waals surface area contributed by atoms with E-state index < -0.39 is 0 Å². The topological polar surface area (TPSA) is 24.1 Å². The fourth-order valence-electron chi connectivity index (χ4n) is 1.87. The van der Waals surface area contributed by atoms with E-state index in [1.54, 1.807) is 0 Å². The van der Waals surface area contributed by atoms with Gasteiger partial charge >= 0.3 is 0 Å². The summed E-state index contributed by atoms with van der Waals surface area (Å²) in [5.74, 6) is 0. The van der Waals surface area contributed by atoms with Crippen molar-refractivity contribution >= 4 is 0 Å². The first-order valence-corrected chi connectivity index (χ1v) is 5.35. The molecule has 2 rings (SSSR count). The lowest BCUT2D eigenvalue weighted by molar-refractivity contribution is 0.358. The van der Waals surface area contributed by atoms with Gasteiger partial charge in [-0.25, -0.2) is 0 Å². The molecule has 2 nitrogen and oxygen atoms in total. The van der Waals surface area contributed by atoms with Gasteiger partial charge in [0.05, 0.1) is 0 Å². The highest BCUT2D eigenvalue weighted by Gasteiger charge is 2.16. The number of nitrogens with one attached hydrogen (secondary N) is 2. The second-order valence-electron chi connectivity index (χ2n) is 4.10. The minimum atomic E-state index is 0.591. The van der Waals surface area contributed by atoms with Crippen LogP contribution >= 0.6 is 0 Å². The summed E-state index contributed by atoms with van der Waals surface area (Å²) in [5.41, 5.74) is 1.42. The molecular weight excluding hydrogens is 172 g/mol. The molecule has 1 aromatic carbocycles. The van der Waals surface area contributed by atoms with Gasteiger partial charge in [-0.3, -0.25) is 0 Å². The molecule has 0 bridgehead atoms. The van der Waals surface area contributed by atoms with Crippen molar-refractivity contribution in [1.29, 1.82) is 0 Å². The van der Waals surface area contributed by atoms with Crippen LogP contribution in [0.25, 0.3) is 0 Å². The molecule has 0 radical (unpaired) electrons. The molecule has 2 heteroatoms. The third-order valence-corrected chi connectivity index (χ3v) is 2.75. The predicted octanol–water partition coefficient (Wildman–Crippen LogP) is 1.18. The maximum absolute atomic E-state index is 3.55. The summed E-state index contributed by atoms with van der Waals surface area (Å²) >= 11 is 0. The molecule has 0 spiro atoms. The van der Waals surface area contributed by atoms with E-state index in [1.165, 1.54) is 5.56 Å². The summed E-state index contributed by atoms with van der Waals surface area (Å²) < 4.78 is 0. The van der Waals surface area contributed by atoms with Gasteiger partial charge in [0.1, 0.15) is 0 Å².